The maximum absolute atomic E-state index is 11.6. The predicted octanol–water partition coefficient (Wildman–Crippen LogP) is 1.34. The second kappa shape index (κ2) is 4.84. The standard InChI is InChI=1S/C11H22N2O2/c1-9(2)12-10(14)13(3)8-11(15)6-4-5-7-11/h9,15H,4-8H2,1-3H3,(H,12,14). The molecular formula is C11H22N2O2. The van der Waals surface area contributed by atoms with Gasteiger partial charge in [-0.15, -0.1) is 0 Å². The molecule has 0 saturated heterocycles. The van der Waals surface area contributed by atoms with Crippen molar-refractivity contribution in [1.82, 2.24) is 10.2 Å². The molecule has 4 heteroatoms. The highest BCUT2D eigenvalue weighted by Gasteiger charge is 2.33. The van der Waals surface area contributed by atoms with Crippen LogP contribution in [0, 0.1) is 0 Å². The lowest BCUT2D eigenvalue weighted by molar-refractivity contribution is 0.0245. The Hall–Kier alpha value is -0.770. The van der Waals surface area contributed by atoms with E-state index >= 15 is 0 Å². The topological polar surface area (TPSA) is 52.6 Å². The van der Waals surface area contributed by atoms with E-state index in [-0.39, 0.29) is 12.1 Å². The van der Waals surface area contributed by atoms with Crippen molar-refractivity contribution in [2.24, 2.45) is 0 Å². The zero-order valence-corrected chi connectivity index (χ0v) is 9.92. The van der Waals surface area contributed by atoms with Gasteiger partial charge in [0.25, 0.3) is 0 Å². The maximum Gasteiger partial charge on any atom is 0.317 e. The number of hydrogen-bond acceptors (Lipinski definition) is 2. The van der Waals surface area contributed by atoms with Gasteiger partial charge in [0.05, 0.1) is 12.1 Å². The third-order valence-electron chi connectivity index (χ3n) is 2.82. The highest BCUT2D eigenvalue weighted by molar-refractivity contribution is 5.74. The fourth-order valence-corrected chi connectivity index (χ4v) is 2.06. The van der Waals surface area contributed by atoms with Gasteiger partial charge >= 0.3 is 6.03 Å². The summed E-state index contributed by atoms with van der Waals surface area (Å²) in [6, 6.07) is 0.0310. The first-order valence-electron chi connectivity index (χ1n) is 5.67. The number of amides is 2. The first-order chi connectivity index (χ1) is 6.93. The van der Waals surface area contributed by atoms with Crippen LogP contribution in [0.4, 0.5) is 4.79 Å². The molecule has 0 radical (unpaired) electrons. The van der Waals surface area contributed by atoms with E-state index in [2.05, 4.69) is 5.32 Å². The summed E-state index contributed by atoms with van der Waals surface area (Å²) in [6.07, 6.45) is 3.75. The van der Waals surface area contributed by atoms with Gasteiger partial charge in [0, 0.05) is 13.1 Å². The molecule has 1 saturated carbocycles. The molecule has 2 N–H and O–H groups in total. The van der Waals surface area contributed by atoms with Crippen molar-refractivity contribution in [2.45, 2.75) is 51.2 Å². The number of carbonyl (C=O) groups is 1. The van der Waals surface area contributed by atoms with Gasteiger partial charge in [0.1, 0.15) is 0 Å². The van der Waals surface area contributed by atoms with Crippen LogP contribution in [0.5, 0.6) is 0 Å². The van der Waals surface area contributed by atoms with E-state index < -0.39 is 5.60 Å². The molecule has 0 aromatic rings. The SMILES string of the molecule is CC(C)NC(=O)N(C)CC1(O)CCCC1. The summed E-state index contributed by atoms with van der Waals surface area (Å²) in [5.41, 5.74) is -0.650. The van der Waals surface area contributed by atoms with Gasteiger partial charge in [-0.05, 0) is 26.7 Å². The average Bonchev–Trinajstić information content (AvgIpc) is 2.50. The van der Waals surface area contributed by atoms with Crippen molar-refractivity contribution < 1.29 is 9.90 Å². The molecule has 1 aliphatic rings. The molecule has 0 aliphatic heterocycles. The average molecular weight is 214 g/mol. The normalized spacial score (nSPS) is 19.3. The lowest BCUT2D eigenvalue weighted by Gasteiger charge is -2.29. The van der Waals surface area contributed by atoms with Gasteiger partial charge in [-0.2, -0.15) is 0 Å². The van der Waals surface area contributed by atoms with Crippen LogP contribution in [-0.4, -0.2) is 41.3 Å². The summed E-state index contributed by atoms with van der Waals surface area (Å²) >= 11 is 0. The van der Waals surface area contributed by atoms with Crippen molar-refractivity contribution in [3.8, 4) is 0 Å². The van der Waals surface area contributed by atoms with Crippen LogP contribution in [0.15, 0.2) is 0 Å². The van der Waals surface area contributed by atoms with Crippen LogP contribution in [-0.2, 0) is 0 Å². The number of urea groups is 1. The molecule has 1 fully saturated rings. The van der Waals surface area contributed by atoms with Crippen molar-refractivity contribution in [1.29, 1.82) is 0 Å². The van der Waals surface area contributed by atoms with Gasteiger partial charge in [0.2, 0.25) is 0 Å². The van der Waals surface area contributed by atoms with E-state index in [4.69, 9.17) is 0 Å². The summed E-state index contributed by atoms with van der Waals surface area (Å²) in [5, 5.41) is 12.9. The van der Waals surface area contributed by atoms with Crippen LogP contribution >= 0.6 is 0 Å². The second-order valence-electron chi connectivity index (χ2n) is 4.89. The Morgan fingerprint density at radius 2 is 2.00 bits per heavy atom. The Balaban J connectivity index is 2.40. The van der Waals surface area contributed by atoms with E-state index in [9.17, 15) is 9.90 Å². The minimum atomic E-state index is -0.650. The Bertz CT molecular complexity index is 223. The number of hydrogen-bond donors (Lipinski definition) is 2. The van der Waals surface area contributed by atoms with Crippen molar-refractivity contribution in [3.05, 3.63) is 0 Å². The lowest BCUT2D eigenvalue weighted by atomic mass is 10.0. The summed E-state index contributed by atoms with van der Waals surface area (Å²) in [6.45, 7) is 4.29. The number of likely N-dealkylation sites (N-methyl/N-ethyl adjacent to an activating group) is 1. The molecule has 0 aromatic heterocycles. The number of nitrogens with one attached hydrogen (secondary N) is 1. The van der Waals surface area contributed by atoms with Crippen molar-refractivity contribution in [2.75, 3.05) is 13.6 Å². The van der Waals surface area contributed by atoms with Gasteiger partial charge in [-0.25, -0.2) is 4.79 Å². The van der Waals surface area contributed by atoms with Gasteiger partial charge in [-0.1, -0.05) is 12.8 Å². The maximum atomic E-state index is 11.6. The summed E-state index contributed by atoms with van der Waals surface area (Å²) in [7, 11) is 1.73. The van der Waals surface area contributed by atoms with Crippen LogP contribution in [0.3, 0.4) is 0 Å². The quantitative estimate of drug-likeness (QED) is 0.745. The molecule has 0 unspecified atom stereocenters. The van der Waals surface area contributed by atoms with E-state index in [0.29, 0.717) is 6.54 Å². The molecule has 0 aromatic carbocycles. The fourth-order valence-electron chi connectivity index (χ4n) is 2.06. The molecule has 0 spiro atoms. The Kier molecular flexibility index (Phi) is 3.97. The summed E-state index contributed by atoms with van der Waals surface area (Å²) in [5.74, 6) is 0. The Morgan fingerprint density at radius 1 is 1.47 bits per heavy atom. The number of nitrogens with zero attached hydrogens (tertiary/aromatic N) is 1. The largest absolute Gasteiger partial charge is 0.388 e. The lowest BCUT2D eigenvalue weighted by Crippen LogP contribution is -2.47. The minimum Gasteiger partial charge on any atom is -0.388 e. The highest BCUT2D eigenvalue weighted by atomic mass is 16.3. The van der Waals surface area contributed by atoms with Gasteiger partial charge in [-0.3, -0.25) is 0 Å². The summed E-state index contributed by atoms with van der Waals surface area (Å²) < 4.78 is 0. The molecule has 15 heavy (non-hydrogen) atoms. The Morgan fingerprint density at radius 3 is 2.47 bits per heavy atom. The third-order valence-corrected chi connectivity index (χ3v) is 2.82. The number of carbonyl (C=O) groups excluding carboxylic acids is 1. The van der Waals surface area contributed by atoms with E-state index in [1.54, 1.807) is 11.9 Å². The third kappa shape index (κ3) is 3.70. The van der Waals surface area contributed by atoms with E-state index in [1.165, 1.54) is 0 Å². The first-order valence-corrected chi connectivity index (χ1v) is 5.67. The smallest absolute Gasteiger partial charge is 0.317 e. The molecule has 4 nitrogen and oxygen atoms in total. The first kappa shape index (κ1) is 12.3. The molecule has 2 amide bonds. The monoisotopic (exact) mass is 214 g/mol. The van der Waals surface area contributed by atoms with E-state index in [0.717, 1.165) is 25.7 Å². The number of aliphatic hydroxyl groups is 1. The molecule has 0 bridgehead atoms. The number of rotatable bonds is 3. The highest BCUT2D eigenvalue weighted by Crippen LogP contribution is 2.29. The van der Waals surface area contributed by atoms with Crippen molar-refractivity contribution in [3.63, 3.8) is 0 Å². The van der Waals surface area contributed by atoms with Crippen LogP contribution < -0.4 is 5.32 Å². The molecule has 1 rings (SSSR count). The molecule has 0 heterocycles. The van der Waals surface area contributed by atoms with Crippen molar-refractivity contribution >= 4 is 6.03 Å². The predicted molar refractivity (Wildman–Crippen MR) is 59.7 cm³/mol. The summed E-state index contributed by atoms with van der Waals surface area (Å²) in [4.78, 5) is 13.2. The van der Waals surface area contributed by atoms with Crippen LogP contribution in [0.25, 0.3) is 0 Å². The van der Waals surface area contributed by atoms with Crippen LogP contribution in [0.1, 0.15) is 39.5 Å². The Labute approximate surface area is 91.6 Å². The zero-order valence-electron chi connectivity index (χ0n) is 9.92. The van der Waals surface area contributed by atoms with Gasteiger partial charge < -0.3 is 15.3 Å². The zero-order chi connectivity index (χ0) is 11.5. The molecule has 1 aliphatic carbocycles. The molecule has 0 atom stereocenters. The molecule has 88 valence electrons. The fraction of sp³-hybridized carbons (Fsp3) is 0.909. The second-order valence-corrected chi connectivity index (χ2v) is 4.89. The van der Waals surface area contributed by atoms with Gasteiger partial charge in [0.15, 0.2) is 0 Å². The molecular weight excluding hydrogens is 192 g/mol. The van der Waals surface area contributed by atoms with Crippen LogP contribution in [0.2, 0.25) is 0 Å². The minimum absolute atomic E-state index is 0.106. The van der Waals surface area contributed by atoms with E-state index in [1.807, 2.05) is 13.8 Å².